The Balaban J connectivity index is 1.67. The van der Waals surface area contributed by atoms with Crippen molar-refractivity contribution >= 4 is 24.8 Å². The molecule has 1 saturated heterocycles. The average Bonchev–Trinajstić information content (AvgIpc) is 3.12. The average molecular weight is 473 g/mol. The monoisotopic (exact) mass is 472 g/mol. The molecular formula is C30H36O3Si. The largest absolute Gasteiger partial charge is 0.405 e. The standard InChI is InChI=1S/C30H36O3Si/c1-29(2,3)34(25-17-11-7-12-18-25,26-19-13-8-14-20-26)31-23-28-27(32-30(4,5)33-28)22-21-24-15-9-6-10-16-24/h6-22,27-28H,23H2,1-5H3/b22-21+/t27-,28-/m0/s1. The van der Waals surface area contributed by atoms with Gasteiger partial charge in [-0.2, -0.15) is 0 Å². The molecule has 0 radical (unpaired) electrons. The molecular weight excluding hydrogens is 436 g/mol. The Labute approximate surface area is 205 Å². The van der Waals surface area contributed by atoms with E-state index in [4.69, 9.17) is 13.9 Å². The molecule has 0 amide bonds. The highest BCUT2D eigenvalue weighted by atomic mass is 28.4. The van der Waals surface area contributed by atoms with Crippen LogP contribution in [0.2, 0.25) is 5.04 Å². The predicted octanol–water partition coefficient (Wildman–Crippen LogP) is 5.80. The maximum Gasteiger partial charge on any atom is 0.261 e. The lowest BCUT2D eigenvalue weighted by Gasteiger charge is -2.43. The second-order valence-corrected chi connectivity index (χ2v) is 14.7. The first-order valence-corrected chi connectivity index (χ1v) is 14.0. The maximum absolute atomic E-state index is 7.13. The highest BCUT2D eigenvalue weighted by Crippen LogP contribution is 2.38. The summed E-state index contributed by atoms with van der Waals surface area (Å²) in [5, 5.41) is 2.45. The van der Waals surface area contributed by atoms with Gasteiger partial charge in [-0.25, -0.2) is 0 Å². The number of benzene rings is 3. The van der Waals surface area contributed by atoms with Crippen molar-refractivity contribution in [1.29, 1.82) is 0 Å². The molecule has 34 heavy (non-hydrogen) atoms. The lowest BCUT2D eigenvalue weighted by atomic mass is 10.1. The highest BCUT2D eigenvalue weighted by Gasteiger charge is 2.51. The molecule has 2 atom stereocenters. The van der Waals surface area contributed by atoms with Crippen LogP contribution in [0, 0.1) is 0 Å². The molecule has 0 aromatic heterocycles. The Kier molecular flexibility index (Phi) is 7.24. The van der Waals surface area contributed by atoms with Crippen LogP contribution in [0.5, 0.6) is 0 Å². The summed E-state index contributed by atoms with van der Waals surface area (Å²) in [6.45, 7) is 11.3. The van der Waals surface area contributed by atoms with E-state index in [1.165, 1.54) is 10.4 Å². The van der Waals surface area contributed by atoms with Gasteiger partial charge in [-0.15, -0.1) is 0 Å². The zero-order valence-corrected chi connectivity index (χ0v) is 21.9. The second-order valence-electron chi connectivity index (χ2n) is 10.4. The molecule has 3 nitrogen and oxygen atoms in total. The molecule has 0 spiro atoms. The van der Waals surface area contributed by atoms with E-state index in [9.17, 15) is 0 Å². The first kappa shape index (κ1) is 24.6. The van der Waals surface area contributed by atoms with E-state index in [2.05, 4.69) is 106 Å². The van der Waals surface area contributed by atoms with Crippen LogP contribution in [0.25, 0.3) is 6.08 Å². The molecule has 1 heterocycles. The smallest absolute Gasteiger partial charge is 0.261 e. The molecule has 1 fully saturated rings. The number of rotatable bonds is 7. The van der Waals surface area contributed by atoms with E-state index in [0.29, 0.717) is 6.61 Å². The van der Waals surface area contributed by atoms with Gasteiger partial charge < -0.3 is 13.9 Å². The third-order valence-corrected chi connectivity index (χ3v) is 11.4. The predicted molar refractivity (Wildman–Crippen MR) is 143 cm³/mol. The van der Waals surface area contributed by atoms with E-state index in [0.717, 1.165) is 5.56 Å². The van der Waals surface area contributed by atoms with Gasteiger partial charge in [-0.1, -0.05) is 124 Å². The fourth-order valence-corrected chi connectivity index (χ4v) is 9.46. The summed E-state index contributed by atoms with van der Waals surface area (Å²) in [6, 6.07) is 31.7. The van der Waals surface area contributed by atoms with Gasteiger partial charge in [0.2, 0.25) is 0 Å². The van der Waals surface area contributed by atoms with Gasteiger partial charge in [0.15, 0.2) is 5.79 Å². The zero-order chi connectivity index (χ0) is 24.2. The number of hydrogen-bond acceptors (Lipinski definition) is 3. The Morgan fingerprint density at radius 2 is 1.29 bits per heavy atom. The van der Waals surface area contributed by atoms with Gasteiger partial charge in [0.05, 0.1) is 6.61 Å². The van der Waals surface area contributed by atoms with Crippen LogP contribution in [0.1, 0.15) is 40.2 Å². The Hall–Kier alpha value is -2.50. The summed E-state index contributed by atoms with van der Waals surface area (Å²) in [7, 11) is -2.64. The molecule has 0 N–H and O–H groups in total. The zero-order valence-electron chi connectivity index (χ0n) is 20.9. The molecule has 4 heteroatoms. The van der Waals surface area contributed by atoms with Crippen molar-refractivity contribution in [3.63, 3.8) is 0 Å². The SMILES string of the molecule is CC1(C)O[C@@H](/C=C/c2ccccc2)[C@H](CO[Si](c2ccccc2)(c2ccccc2)C(C)(C)C)O1. The Bertz CT molecular complexity index is 1030. The Morgan fingerprint density at radius 1 is 0.794 bits per heavy atom. The minimum Gasteiger partial charge on any atom is -0.405 e. The summed E-state index contributed by atoms with van der Waals surface area (Å²) in [4.78, 5) is 0. The van der Waals surface area contributed by atoms with Crippen LogP contribution in [0.4, 0.5) is 0 Å². The van der Waals surface area contributed by atoms with Gasteiger partial charge in [-0.05, 0) is 34.8 Å². The van der Waals surface area contributed by atoms with E-state index in [-0.39, 0.29) is 17.2 Å². The van der Waals surface area contributed by atoms with Crippen LogP contribution in [0.15, 0.2) is 97.1 Å². The molecule has 0 saturated carbocycles. The summed E-state index contributed by atoms with van der Waals surface area (Å²) in [6.07, 6.45) is 3.82. The molecule has 3 aromatic rings. The quantitative estimate of drug-likeness (QED) is 0.407. The van der Waals surface area contributed by atoms with Gasteiger partial charge in [0.25, 0.3) is 8.32 Å². The topological polar surface area (TPSA) is 27.7 Å². The number of hydrogen-bond donors (Lipinski definition) is 0. The van der Waals surface area contributed by atoms with Crippen molar-refractivity contribution in [3.05, 3.63) is 103 Å². The van der Waals surface area contributed by atoms with E-state index in [1.54, 1.807) is 0 Å². The minimum atomic E-state index is -2.64. The van der Waals surface area contributed by atoms with E-state index >= 15 is 0 Å². The summed E-state index contributed by atoms with van der Waals surface area (Å²) < 4.78 is 19.8. The molecule has 1 aliphatic rings. The lowest BCUT2D eigenvalue weighted by molar-refractivity contribution is -0.145. The Morgan fingerprint density at radius 3 is 1.79 bits per heavy atom. The molecule has 0 unspecified atom stereocenters. The second kappa shape index (κ2) is 10.0. The maximum atomic E-state index is 7.13. The van der Waals surface area contributed by atoms with Crippen molar-refractivity contribution in [2.45, 2.75) is 57.7 Å². The minimum absolute atomic E-state index is 0.0833. The third-order valence-electron chi connectivity index (χ3n) is 6.38. The molecule has 3 aromatic carbocycles. The van der Waals surface area contributed by atoms with Gasteiger partial charge in [0, 0.05) is 0 Å². The van der Waals surface area contributed by atoms with Crippen LogP contribution in [0.3, 0.4) is 0 Å². The fourth-order valence-electron chi connectivity index (χ4n) is 4.89. The van der Waals surface area contributed by atoms with Crippen LogP contribution in [-0.4, -0.2) is 32.9 Å². The van der Waals surface area contributed by atoms with Gasteiger partial charge >= 0.3 is 0 Å². The normalized spacial score (nSPS) is 20.6. The summed E-state index contributed by atoms with van der Waals surface area (Å²) in [5.74, 6) is -0.662. The van der Waals surface area contributed by atoms with Gasteiger partial charge in [0.1, 0.15) is 12.2 Å². The molecule has 4 rings (SSSR count). The van der Waals surface area contributed by atoms with Crippen LogP contribution in [-0.2, 0) is 13.9 Å². The highest BCUT2D eigenvalue weighted by molar-refractivity contribution is 6.99. The molecule has 0 aliphatic carbocycles. The fraction of sp³-hybridized carbons (Fsp3) is 0.333. The van der Waals surface area contributed by atoms with E-state index < -0.39 is 14.1 Å². The van der Waals surface area contributed by atoms with E-state index in [1.807, 2.05) is 32.0 Å². The number of ether oxygens (including phenoxy) is 2. The first-order valence-electron chi connectivity index (χ1n) is 12.1. The van der Waals surface area contributed by atoms with Crippen molar-refractivity contribution in [1.82, 2.24) is 0 Å². The summed E-state index contributed by atoms with van der Waals surface area (Å²) >= 11 is 0. The van der Waals surface area contributed by atoms with Crippen molar-refractivity contribution in [2.24, 2.45) is 0 Å². The molecule has 0 bridgehead atoms. The van der Waals surface area contributed by atoms with Crippen molar-refractivity contribution in [3.8, 4) is 0 Å². The molecule has 178 valence electrons. The van der Waals surface area contributed by atoms with Gasteiger partial charge in [-0.3, -0.25) is 0 Å². The first-order chi connectivity index (χ1) is 16.2. The lowest BCUT2D eigenvalue weighted by Crippen LogP contribution is -2.67. The van der Waals surface area contributed by atoms with Crippen LogP contribution >= 0.6 is 0 Å². The summed E-state index contributed by atoms with van der Waals surface area (Å²) in [5.41, 5.74) is 1.14. The van der Waals surface area contributed by atoms with Crippen molar-refractivity contribution < 1.29 is 13.9 Å². The third kappa shape index (κ3) is 5.26. The van der Waals surface area contributed by atoms with Crippen molar-refractivity contribution in [2.75, 3.05) is 6.61 Å². The van der Waals surface area contributed by atoms with Crippen LogP contribution < -0.4 is 10.4 Å². The molecule has 1 aliphatic heterocycles.